The Bertz CT molecular complexity index is 785. The lowest BCUT2D eigenvalue weighted by molar-refractivity contribution is -0.00354. The van der Waals surface area contributed by atoms with Crippen LogP contribution >= 0.6 is 11.3 Å². The number of phenolic OH excluding ortho intramolecular Hbond substituents is 1. The van der Waals surface area contributed by atoms with Crippen molar-refractivity contribution in [3.05, 3.63) is 39.4 Å². The van der Waals surface area contributed by atoms with E-state index in [1.807, 2.05) is 12.1 Å². The monoisotopic (exact) mass is 312 g/mol. The molecule has 4 aliphatic rings. The maximum absolute atomic E-state index is 12.5. The van der Waals surface area contributed by atoms with Gasteiger partial charge < -0.3 is 5.11 Å². The van der Waals surface area contributed by atoms with Crippen LogP contribution in [0.2, 0.25) is 0 Å². The lowest BCUT2D eigenvalue weighted by atomic mass is 9.49. The number of hydrogen-bond acceptors (Lipinski definition) is 3. The molecule has 4 aliphatic carbocycles. The minimum atomic E-state index is 0.0791. The van der Waals surface area contributed by atoms with Crippen molar-refractivity contribution in [2.75, 3.05) is 0 Å². The second-order valence-electron chi connectivity index (χ2n) is 7.85. The minimum Gasteiger partial charge on any atom is -0.508 e. The molecular formula is C19H20O2S. The summed E-state index contributed by atoms with van der Waals surface area (Å²) in [6, 6.07) is 7.10. The molecule has 0 unspecified atom stereocenters. The molecule has 114 valence electrons. The Hall–Kier alpha value is -1.35. The van der Waals surface area contributed by atoms with Gasteiger partial charge in [-0.3, -0.25) is 4.79 Å². The third-order valence-corrected chi connectivity index (χ3v) is 7.62. The summed E-state index contributed by atoms with van der Waals surface area (Å²) in [5.74, 6) is 2.86. The summed E-state index contributed by atoms with van der Waals surface area (Å²) < 4.78 is 1.02. The third-order valence-electron chi connectivity index (χ3n) is 6.27. The molecule has 1 N–H and O–H groups in total. The van der Waals surface area contributed by atoms with Crippen LogP contribution in [0.3, 0.4) is 0 Å². The van der Waals surface area contributed by atoms with Crippen molar-refractivity contribution in [1.82, 2.24) is 0 Å². The Balaban J connectivity index is 1.68. The largest absolute Gasteiger partial charge is 0.508 e. The molecule has 0 amide bonds. The van der Waals surface area contributed by atoms with E-state index in [-0.39, 0.29) is 16.6 Å². The minimum absolute atomic E-state index is 0.0791. The van der Waals surface area contributed by atoms with Crippen LogP contribution in [0.1, 0.15) is 43.4 Å². The zero-order chi connectivity index (χ0) is 14.9. The molecule has 2 nitrogen and oxygen atoms in total. The van der Waals surface area contributed by atoms with Crippen LogP contribution in [0.25, 0.3) is 10.1 Å². The smallest absolute Gasteiger partial charge is 0.188 e. The topological polar surface area (TPSA) is 37.3 Å². The molecule has 0 atom stereocenters. The van der Waals surface area contributed by atoms with Gasteiger partial charge in [-0.15, -0.1) is 11.3 Å². The Labute approximate surface area is 133 Å². The van der Waals surface area contributed by atoms with Crippen LogP contribution in [0.15, 0.2) is 29.1 Å². The average Bonchev–Trinajstić information content (AvgIpc) is 2.46. The van der Waals surface area contributed by atoms with E-state index in [1.165, 1.54) is 43.4 Å². The summed E-state index contributed by atoms with van der Waals surface area (Å²) in [4.78, 5) is 13.9. The zero-order valence-electron chi connectivity index (χ0n) is 12.5. The van der Waals surface area contributed by atoms with Gasteiger partial charge in [0, 0.05) is 20.4 Å². The summed E-state index contributed by atoms with van der Waals surface area (Å²) >= 11 is 1.79. The van der Waals surface area contributed by atoms with Crippen LogP contribution in [0.5, 0.6) is 5.75 Å². The first-order valence-electron chi connectivity index (χ1n) is 8.39. The first kappa shape index (κ1) is 13.1. The highest BCUT2D eigenvalue weighted by molar-refractivity contribution is 7.18. The maximum atomic E-state index is 12.5. The van der Waals surface area contributed by atoms with E-state index in [0.29, 0.717) is 5.39 Å². The highest BCUT2D eigenvalue weighted by atomic mass is 32.1. The second-order valence-corrected chi connectivity index (χ2v) is 8.94. The quantitative estimate of drug-likeness (QED) is 0.845. The average molecular weight is 312 g/mol. The fourth-order valence-electron chi connectivity index (χ4n) is 5.82. The molecule has 0 aliphatic heterocycles. The van der Waals surface area contributed by atoms with Crippen LogP contribution in [-0.2, 0) is 5.41 Å². The van der Waals surface area contributed by atoms with Gasteiger partial charge in [0.25, 0.3) is 0 Å². The molecule has 3 heteroatoms. The molecule has 2 aromatic rings. The predicted octanol–water partition coefficient (Wildman–Crippen LogP) is 4.43. The Morgan fingerprint density at radius 1 is 1.00 bits per heavy atom. The van der Waals surface area contributed by atoms with Crippen molar-refractivity contribution in [3.8, 4) is 5.75 Å². The summed E-state index contributed by atoms with van der Waals surface area (Å²) in [5.41, 5.74) is 0.361. The lowest BCUT2D eigenvalue weighted by Crippen LogP contribution is -2.48. The second kappa shape index (κ2) is 4.35. The van der Waals surface area contributed by atoms with Crippen LogP contribution < -0.4 is 5.43 Å². The predicted molar refractivity (Wildman–Crippen MR) is 89.6 cm³/mol. The van der Waals surface area contributed by atoms with Crippen LogP contribution in [0.4, 0.5) is 0 Å². The van der Waals surface area contributed by atoms with Gasteiger partial charge in [-0.25, -0.2) is 0 Å². The number of fused-ring (bicyclic) bond motifs is 1. The highest BCUT2D eigenvalue weighted by Gasteiger charge is 2.52. The molecule has 22 heavy (non-hydrogen) atoms. The van der Waals surface area contributed by atoms with Crippen molar-refractivity contribution in [3.63, 3.8) is 0 Å². The van der Waals surface area contributed by atoms with E-state index in [9.17, 15) is 9.90 Å². The Kier molecular flexibility index (Phi) is 2.59. The number of phenols is 1. The van der Waals surface area contributed by atoms with Gasteiger partial charge in [-0.2, -0.15) is 0 Å². The van der Waals surface area contributed by atoms with Crippen molar-refractivity contribution in [2.24, 2.45) is 17.8 Å². The Morgan fingerprint density at radius 3 is 2.27 bits per heavy atom. The highest BCUT2D eigenvalue weighted by Crippen LogP contribution is 2.61. The molecule has 4 bridgehead atoms. The number of benzene rings is 1. The molecule has 1 aromatic carbocycles. The van der Waals surface area contributed by atoms with Gasteiger partial charge >= 0.3 is 0 Å². The SMILES string of the molecule is O=c1cc(C23CC4CC(CC(C4)C2)C3)sc2ccc(O)cc12. The number of rotatable bonds is 1. The molecule has 0 radical (unpaired) electrons. The molecular weight excluding hydrogens is 292 g/mol. The number of aromatic hydroxyl groups is 1. The van der Waals surface area contributed by atoms with Gasteiger partial charge in [-0.05, 0) is 80.5 Å². The fraction of sp³-hybridized carbons (Fsp3) is 0.526. The molecule has 1 heterocycles. The van der Waals surface area contributed by atoms with E-state index in [1.54, 1.807) is 23.5 Å². The molecule has 1 aromatic heterocycles. The molecule has 0 spiro atoms. The fourth-order valence-corrected chi connectivity index (χ4v) is 7.09. The molecule has 6 rings (SSSR count). The van der Waals surface area contributed by atoms with Gasteiger partial charge in [0.1, 0.15) is 5.75 Å². The maximum Gasteiger partial charge on any atom is 0.188 e. The first-order chi connectivity index (χ1) is 10.6. The van der Waals surface area contributed by atoms with Gasteiger partial charge in [0.05, 0.1) is 0 Å². The van der Waals surface area contributed by atoms with E-state index in [2.05, 4.69) is 0 Å². The summed E-state index contributed by atoms with van der Waals surface area (Å²) in [5, 5.41) is 10.3. The third kappa shape index (κ3) is 1.81. The standard InChI is InChI=1S/C19H20O2S/c20-14-1-2-17-15(6-14)16(21)7-18(22-17)19-8-11-3-12(9-19)5-13(4-11)10-19/h1-2,6-7,11-13,20H,3-5,8-10H2. The van der Waals surface area contributed by atoms with E-state index in [0.717, 1.165) is 22.5 Å². The molecule has 4 fully saturated rings. The molecule has 4 saturated carbocycles. The van der Waals surface area contributed by atoms with Crippen molar-refractivity contribution in [1.29, 1.82) is 0 Å². The van der Waals surface area contributed by atoms with E-state index in [4.69, 9.17) is 0 Å². The van der Waals surface area contributed by atoms with E-state index >= 15 is 0 Å². The lowest BCUT2D eigenvalue weighted by Gasteiger charge is -2.56. The van der Waals surface area contributed by atoms with Gasteiger partial charge in [0.15, 0.2) is 5.43 Å². The van der Waals surface area contributed by atoms with E-state index < -0.39 is 0 Å². The van der Waals surface area contributed by atoms with Crippen molar-refractivity contribution >= 4 is 21.4 Å². The van der Waals surface area contributed by atoms with Crippen LogP contribution in [-0.4, -0.2) is 5.11 Å². The summed E-state index contributed by atoms with van der Waals surface area (Å²) in [6.07, 6.45) is 8.15. The van der Waals surface area contributed by atoms with Gasteiger partial charge in [0.2, 0.25) is 0 Å². The van der Waals surface area contributed by atoms with Crippen LogP contribution in [0, 0.1) is 17.8 Å². The number of hydrogen-bond donors (Lipinski definition) is 1. The first-order valence-corrected chi connectivity index (χ1v) is 9.20. The van der Waals surface area contributed by atoms with Crippen molar-refractivity contribution in [2.45, 2.75) is 43.9 Å². The molecule has 0 saturated heterocycles. The summed E-state index contributed by atoms with van der Waals surface area (Å²) in [7, 11) is 0. The Morgan fingerprint density at radius 2 is 1.64 bits per heavy atom. The normalized spacial score (nSPS) is 36.1. The summed E-state index contributed by atoms with van der Waals surface area (Å²) in [6.45, 7) is 0. The van der Waals surface area contributed by atoms with Gasteiger partial charge in [-0.1, -0.05) is 0 Å². The van der Waals surface area contributed by atoms with Crippen molar-refractivity contribution < 1.29 is 5.11 Å². The zero-order valence-corrected chi connectivity index (χ0v) is 13.4.